The van der Waals surface area contributed by atoms with Gasteiger partial charge in [-0.1, -0.05) is 6.07 Å². The van der Waals surface area contributed by atoms with Crippen LogP contribution in [0.15, 0.2) is 54.7 Å². The van der Waals surface area contributed by atoms with E-state index in [1.807, 2.05) is 13.0 Å². The molecule has 2 aromatic carbocycles. The predicted molar refractivity (Wildman–Crippen MR) is 90.6 cm³/mol. The van der Waals surface area contributed by atoms with E-state index in [9.17, 15) is 4.79 Å². The van der Waals surface area contributed by atoms with Crippen molar-refractivity contribution in [1.82, 2.24) is 0 Å². The number of aryl methyl sites for hydroxylation is 2. The Morgan fingerprint density at radius 1 is 1.09 bits per heavy atom. The second kappa shape index (κ2) is 7.46. The first kappa shape index (κ1) is 15.8. The number of ketones is 1. The summed E-state index contributed by atoms with van der Waals surface area (Å²) in [6.45, 7) is 6.69. The monoisotopic (exact) mass is 295 g/mol. The van der Waals surface area contributed by atoms with Crippen molar-refractivity contribution >= 4 is 11.5 Å². The summed E-state index contributed by atoms with van der Waals surface area (Å²) in [5, 5.41) is 3.12. The van der Waals surface area contributed by atoms with Crippen LogP contribution in [-0.2, 0) is 0 Å². The highest BCUT2D eigenvalue weighted by atomic mass is 16.5. The van der Waals surface area contributed by atoms with Crippen LogP contribution in [0, 0.1) is 13.8 Å². The Labute approximate surface area is 131 Å². The standard InChI is InChI=1S/C19H21NO2/c1-4-22-18-9-6-16(7-10-18)19(21)11-12-20-17-8-5-14(2)15(3)13-17/h5-13,20H,4H2,1-3H3. The summed E-state index contributed by atoms with van der Waals surface area (Å²) in [6.07, 6.45) is 3.20. The van der Waals surface area contributed by atoms with Crippen molar-refractivity contribution in [3.8, 4) is 5.75 Å². The third-order valence-corrected chi connectivity index (χ3v) is 3.44. The molecule has 0 aliphatic carbocycles. The molecule has 0 saturated heterocycles. The van der Waals surface area contributed by atoms with Gasteiger partial charge in [-0.2, -0.15) is 0 Å². The van der Waals surface area contributed by atoms with E-state index >= 15 is 0 Å². The van der Waals surface area contributed by atoms with Crippen molar-refractivity contribution in [2.75, 3.05) is 11.9 Å². The third-order valence-electron chi connectivity index (χ3n) is 3.44. The van der Waals surface area contributed by atoms with Crippen LogP contribution in [0.4, 0.5) is 5.69 Å². The lowest BCUT2D eigenvalue weighted by Crippen LogP contribution is -1.97. The van der Waals surface area contributed by atoms with Gasteiger partial charge in [0, 0.05) is 23.5 Å². The van der Waals surface area contributed by atoms with Crippen LogP contribution in [0.5, 0.6) is 5.75 Å². The molecule has 0 radical (unpaired) electrons. The first-order valence-corrected chi connectivity index (χ1v) is 7.37. The van der Waals surface area contributed by atoms with Crippen LogP contribution >= 0.6 is 0 Å². The summed E-state index contributed by atoms with van der Waals surface area (Å²) in [5.41, 5.74) is 4.08. The molecule has 0 spiro atoms. The number of benzene rings is 2. The lowest BCUT2D eigenvalue weighted by Gasteiger charge is -2.05. The van der Waals surface area contributed by atoms with Crippen molar-refractivity contribution in [3.63, 3.8) is 0 Å². The molecule has 2 aromatic rings. The molecular weight excluding hydrogens is 274 g/mol. The van der Waals surface area contributed by atoms with Crippen molar-refractivity contribution in [1.29, 1.82) is 0 Å². The van der Waals surface area contributed by atoms with Gasteiger partial charge in [-0.15, -0.1) is 0 Å². The lowest BCUT2D eigenvalue weighted by molar-refractivity contribution is 0.104. The summed E-state index contributed by atoms with van der Waals surface area (Å²) < 4.78 is 5.36. The van der Waals surface area contributed by atoms with Gasteiger partial charge >= 0.3 is 0 Å². The molecule has 0 amide bonds. The number of carbonyl (C=O) groups excluding carboxylic acids is 1. The molecule has 1 N–H and O–H groups in total. The van der Waals surface area contributed by atoms with Gasteiger partial charge in [0.15, 0.2) is 5.78 Å². The third kappa shape index (κ3) is 4.22. The maximum absolute atomic E-state index is 12.1. The van der Waals surface area contributed by atoms with E-state index in [2.05, 4.69) is 31.3 Å². The van der Waals surface area contributed by atoms with Crippen LogP contribution in [0.3, 0.4) is 0 Å². The molecule has 0 aliphatic heterocycles. The zero-order chi connectivity index (χ0) is 15.9. The Hall–Kier alpha value is -2.55. The number of carbonyl (C=O) groups is 1. The van der Waals surface area contributed by atoms with Gasteiger partial charge in [0.2, 0.25) is 0 Å². The number of hydrogen-bond donors (Lipinski definition) is 1. The molecule has 3 heteroatoms. The number of allylic oxidation sites excluding steroid dienone is 1. The minimum Gasteiger partial charge on any atom is -0.494 e. The maximum Gasteiger partial charge on any atom is 0.187 e. The van der Waals surface area contributed by atoms with Crippen molar-refractivity contribution < 1.29 is 9.53 Å². The first-order valence-electron chi connectivity index (χ1n) is 7.37. The van der Waals surface area contributed by atoms with E-state index in [0.717, 1.165) is 11.4 Å². The fourth-order valence-corrected chi connectivity index (χ4v) is 2.02. The molecule has 0 bridgehead atoms. The molecule has 114 valence electrons. The molecule has 0 atom stereocenters. The lowest BCUT2D eigenvalue weighted by atomic mass is 10.1. The van der Waals surface area contributed by atoms with Crippen molar-refractivity contribution in [2.45, 2.75) is 20.8 Å². The number of hydrogen-bond acceptors (Lipinski definition) is 3. The summed E-state index contributed by atoms with van der Waals surface area (Å²) in [7, 11) is 0. The Kier molecular flexibility index (Phi) is 5.37. The number of anilines is 1. The van der Waals surface area contributed by atoms with Gasteiger partial charge in [-0.25, -0.2) is 0 Å². The Morgan fingerprint density at radius 2 is 1.82 bits per heavy atom. The minimum absolute atomic E-state index is 0.0422. The molecule has 22 heavy (non-hydrogen) atoms. The maximum atomic E-state index is 12.1. The quantitative estimate of drug-likeness (QED) is 0.629. The van der Waals surface area contributed by atoms with Gasteiger partial charge in [-0.05, 0) is 68.3 Å². The normalized spacial score (nSPS) is 10.7. The van der Waals surface area contributed by atoms with Crippen LogP contribution in [0.25, 0.3) is 0 Å². The Morgan fingerprint density at radius 3 is 2.45 bits per heavy atom. The molecule has 2 rings (SSSR count). The SMILES string of the molecule is CCOc1ccc(C(=O)C=CNc2ccc(C)c(C)c2)cc1. The molecule has 0 heterocycles. The van der Waals surface area contributed by atoms with Crippen LogP contribution < -0.4 is 10.1 Å². The average Bonchev–Trinajstić information content (AvgIpc) is 2.52. The molecular formula is C19H21NO2. The van der Waals surface area contributed by atoms with Crippen LogP contribution in [0.1, 0.15) is 28.4 Å². The molecule has 3 nitrogen and oxygen atoms in total. The van der Waals surface area contributed by atoms with E-state index in [0.29, 0.717) is 12.2 Å². The zero-order valence-electron chi connectivity index (χ0n) is 13.2. The fraction of sp³-hybridized carbons (Fsp3) is 0.211. The van der Waals surface area contributed by atoms with E-state index in [-0.39, 0.29) is 5.78 Å². The van der Waals surface area contributed by atoms with Crippen molar-refractivity contribution in [2.24, 2.45) is 0 Å². The smallest absolute Gasteiger partial charge is 0.187 e. The first-order chi connectivity index (χ1) is 10.6. The predicted octanol–water partition coefficient (Wildman–Crippen LogP) is 4.51. The highest BCUT2D eigenvalue weighted by Gasteiger charge is 2.02. The fourth-order valence-electron chi connectivity index (χ4n) is 2.02. The number of rotatable bonds is 6. The van der Waals surface area contributed by atoms with Crippen molar-refractivity contribution in [3.05, 3.63) is 71.4 Å². The summed E-state index contributed by atoms with van der Waals surface area (Å²) in [6, 6.07) is 13.3. The average molecular weight is 295 g/mol. The topological polar surface area (TPSA) is 38.3 Å². The van der Waals surface area contributed by atoms with Gasteiger partial charge in [0.05, 0.1) is 6.61 Å². The van der Waals surface area contributed by atoms with E-state index in [4.69, 9.17) is 4.74 Å². The molecule has 0 aliphatic rings. The Balaban J connectivity index is 1.97. The second-order valence-corrected chi connectivity index (χ2v) is 5.10. The van der Waals surface area contributed by atoms with E-state index in [1.165, 1.54) is 17.2 Å². The molecule has 0 unspecified atom stereocenters. The van der Waals surface area contributed by atoms with Gasteiger partial charge in [-0.3, -0.25) is 4.79 Å². The summed E-state index contributed by atoms with van der Waals surface area (Å²) in [4.78, 5) is 12.1. The number of ether oxygens (including phenoxy) is 1. The number of nitrogens with one attached hydrogen (secondary N) is 1. The zero-order valence-corrected chi connectivity index (χ0v) is 13.2. The molecule has 0 aromatic heterocycles. The molecule has 0 saturated carbocycles. The van der Waals surface area contributed by atoms with Crippen LogP contribution in [-0.4, -0.2) is 12.4 Å². The highest BCUT2D eigenvalue weighted by Crippen LogP contribution is 2.15. The van der Waals surface area contributed by atoms with Gasteiger partial charge in [0.1, 0.15) is 5.75 Å². The minimum atomic E-state index is -0.0422. The second-order valence-electron chi connectivity index (χ2n) is 5.10. The highest BCUT2D eigenvalue weighted by molar-refractivity contribution is 6.04. The van der Waals surface area contributed by atoms with E-state index in [1.54, 1.807) is 30.5 Å². The van der Waals surface area contributed by atoms with Crippen LogP contribution in [0.2, 0.25) is 0 Å². The molecule has 0 fully saturated rings. The summed E-state index contributed by atoms with van der Waals surface area (Å²) >= 11 is 0. The van der Waals surface area contributed by atoms with Gasteiger partial charge in [0.25, 0.3) is 0 Å². The van der Waals surface area contributed by atoms with Gasteiger partial charge < -0.3 is 10.1 Å². The Bertz CT molecular complexity index is 672. The largest absolute Gasteiger partial charge is 0.494 e. The summed E-state index contributed by atoms with van der Waals surface area (Å²) in [5.74, 6) is 0.732. The van der Waals surface area contributed by atoms with E-state index < -0.39 is 0 Å².